The lowest BCUT2D eigenvalue weighted by Gasteiger charge is -2.40. The van der Waals surface area contributed by atoms with Crippen molar-refractivity contribution >= 4 is 34.4 Å². The van der Waals surface area contributed by atoms with Crippen LogP contribution in [0.2, 0.25) is 0 Å². The third-order valence-corrected chi connectivity index (χ3v) is 4.46. The lowest BCUT2D eigenvalue weighted by molar-refractivity contribution is -0.253. The summed E-state index contributed by atoms with van der Waals surface area (Å²) in [4.78, 5) is 23.8. The molecule has 1 aromatic rings. The van der Waals surface area contributed by atoms with Gasteiger partial charge in [-0.3, -0.25) is 9.59 Å². The lowest BCUT2D eigenvalue weighted by Crippen LogP contribution is -2.64. The fourth-order valence-electron chi connectivity index (χ4n) is 2.35. The second kappa shape index (κ2) is 8.87. The van der Waals surface area contributed by atoms with Gasteiger partial charge in [-0.2, -0.15) is 0 Å². The van der Waals surface area contributed by atoms with Crippen molar-refractivity contribution in [2.24, 2.45) is 0 Å². The van der Waals surface area contributed by atoms with Crippen molar-refractivity contribution in [3.63, 3.8) is 0 Å². The standard InChI is InChI=1S/C15H19IN2O7/c16-8-3-1-7(2-4-8)14(23)17-5-10(20)18-11-13(22)12(21)9(6-19)25-15(11)24/h1-4,9,11-13,15,19,21-22,24H,5-6H2,(H,17,23)(H,18,20)/t9-,11-,12-,13-,15?/m1/s1. The molecular formula is C15H19IN2O7. The van der Waals surface area contributed by atoms with E-state index in [-0.39, 0.29) is 6.54 Å². The van der Waals surface area contributed by atoms with Crippen molar-refractivity contribution in [1.29, 1.82) is 0 Å². The molecule has 6 N–H and O–H groups in total. The predicted molar refractivity (Wildman–Crippen MR) is 93.4 cm³/mol. The molecule has 0 aliphatic carbocycles. The van der Waals surface area contributed by atoms with E-state index in [1.165, 1.54) is 0 Å². The summed E-state index contributed by atoms with van der Waals surface area (Å²) in [6, 6.07) is 5.44. The van der Waals surface area contributed by atoms with E-state index in [0.29, 0.717) is 5.56 Å². The normalized spacial score (nSPS) is 29.1. The fourth-order valence-corrected chi connectivity index (χ4v) is 2.71. The summed E-state index contributed by atoms with van der Waals surface area (Å²) in [5.41, 5.74) is 0.385. The molecule has 0 bridgehead atoms. The number of hydrogen-bond donors (Lipinski definition) is 6. The van der Waals surface area contributed by atoms with Crippen molar-refractivity contribution in [2.75, 3.05) is 13.2 Å². The first-order valence-electron chi connectivity index (χ1n) is 7.47. The molecular weight excluding hydrogens is 447 g/mol. The van der Waals surface area contributed by atoms with Crippen LogP contribution in [-0.2, 0) is 9.53 Å². The molecule has 1 aromatic carbocycles. The summed E-state index contributed by atoms with van der Waals surface area (Å²) < 4.78 is 5.90. The maximum absolute atomic E-state index is 11.9. The Labute approximate surface area is 157 Å². The zero-order valence-corrected chi connectivity index (χ0v) is 15.2. The lowest BCUT2D eigenvalue weighted by atomic mass is 9.97. The fraction of sp³-hybridized carbons (Fsp3) is 0.467. The first kappa shape index (κ1) is 20.0. The van der Waals surface area contributed by atoms with E-state index in [0.717, 1.165) is 3.57 Å². The maximum atomic E-state index is 11.9. The number of amides is 2. The van der Waals surface area contributed by atoms with Crippen molar-refractivity contribution in [1.82, 2.24) is 10.6 Å². The largest absolute Gasteiger partial charge is 0.394 e. The van der Waals surface area contributed by atoms with Crippen LogP contribution in [0.15, 0.2) is 24.3 Å². The number of aliphatic hydroxyl groups is 4. The van der Waals surface area contributed by atoms with Crippen LogP contribution in [0.5, 0.6) is 0 Å². The molecule has 0 aromatic heterocycles. The molecule has 138 valence electrons. The van der Waals surface area contributed by atoms with Crippen LogP contribution in [0.3, 0.4) is 0 Å². The van der Waals surface area contributed by atoms with Gasteiger partial charge in [-0.15, -0.1) is 0 Å². The van der Waals surface area contributed by atoms with E-state index in [9.17, 15) is 24.9 Å². The van der Waals surface area contributed by atoms with Gasteiger partial charge in [0.2, 0.25) is 5.91 Å². The van der Waals surface area contributed by atoms with Crippen LogP contribution < -0.4 is 10.6 Å². The number of halogens is 1. The van der Waals surface area contributed by atoms with Gasteiger partial charge in [0.05, 0.1) is 13.2 Å². The van der Waals surface area contributed by atoms with E-state index in [4.69, 9.17) is 9.84 Å². The van der Waals surface area contributed by atoms with Gasteiger partial charge in [-0.25, -0.2) is 0 Å². The van der Waals surface area contributed by atoms with Gasteiger partial charge in [0.1, 0.15) is 24.4 Å². The van der Waals surface area contributed by atoms with E-state index in [1.807, 2.05) is 0 Å². The molecule has 0 spiro atoms. The molecule has 2 rings (SSSR count). The van der Waals surface area contributed by atoms with Gasteiger partial charge >= 0.3 is 0 Å². The van der Waals surface area contributed by atoms with Gasteiger partial charge in [-0.05, 0) is 46.9 Å². The minimum absolute atomic E-state index is 0.385. The van der Waals surface area contributed by atoms with Crippen LogP contribution in [0.1, 0.15) is 10.4 Å². The maximum Gasteiger partial charge on any atom is 0.251 e. The summed E-state index contributed by atoms with van der Waals surface area (Å²) in [6.45, 7) is -0.984. The Morgan fingerprint density at radius 3 is 2.36 bits per heavy atom. The highest BCUT2D eigenvalue weighted by Crippen LogP contribution is 2.19. The van der Waals surface area contributed by atoms with E-state index in [2.05, 4.69) is 33.2 Å². The van der Waals surface area contributed by atoms with Crippen molar-refractivity contribution in [3.8, 4) is 0 Å². The average Bonchev–Trinajstić information content (AvgIpc) is 2.60. The van der Waals surface area contributed by atoms with Crippen LogP contribution in [0.25, 0.3) is 0 Å². The predicted octanol–water partition coefficient (Wildman–Crippen LogP) is -2.06. The Morgan fingerprint density at radius 1 is 1.12 bits per heavy atom. The number of rotatable bonds is 5. The molecule has 10 heteroatoms. The highest BCUT2D eigenvalue weighted by Gasteiger charge is 2.44. The van der Waals surface area contributed by atoms with E-state index in [1.54, 1.807) is 24.3 Å². The van der Waals surface area contributed by atoms with Gasteiger partial charge in [0, 0.05) is 9.13 Å². The highest BCUT2D eigenvalue weighted by molar-refractivity contribution is 14.1. The molecule has 2 amide bonds. The number of aliphatic hydroxyl groups excluding tert-OH is 4. The number of carbonyl (C=O) groups excluding carboxylic acids is 2. The molecule has 9 nitrogen and oxygen atoms in total. The topological polar surface area (TPSA) is 148 Å². The molecule has 1 fully saturated rings. The monoisotopic (exact) mass is 466 g/mol. The number of nitrogens with one attached hydrogen (secondary N) is 2. The van der Waals surface area contributed by atoms with Gasteiger partial charge in [0.25, 0.3) is 5.91 Å². The first-order chi connectivity index (χ1) is 11.8. The zero-order chi connectivity index (χ0) is 18.6. The summed E-state index contributed by atoms with van der Waals surface area (Å²) in [6.07, 6.45) is -5.76. The van der Waals surface area contributed by atoms with Crippen LogP contribution in [0.4, 0.5) is 0 Å². The second-order valence-corrected chi connectivity index (χ2v) is 6.76. The number of ether oxygens (including phenoxy) is 1. The molecule has 5 atom stereocenters. The van der Waals surface area contributed by atoms with Crippen LogP contribution >= 0.6 is 22.6 Å². The second-order valence-electron chi connectivity index (χ2n) is 5.51. The molecule has 25 heavy (non-hydrogen) atoms. The molecule has 1 heterocycles. The minimum atomic E-state index is -1.61. The molecule has 1 aliphatic heterocycles. The van der Waals surface area contributed by atoms with Crippen molar-refractivity contribution in [2.45, 2.75) is 30.6 Å². The zero-order valence-electron chi connectivity index (χ0n) is 13.0. The van der Waals surface area contributed by atoms with Crippen molar-refractivity contribution in [3.05, 3.63) is 33.4 Å². The Kier molecular flexibility index (Phi) is 7.10. The van der Waals surface area contributed by atoms with Gasteiger partial charge in [-0.1, -0.05) is 0 Å². The van der Waals surface area contributed by atoms with Gasteiger partial charge < -0.3 is 35.8 Å². The molecule has 0 radical (unpaired) electrons. The summed E-state index contributed by atoms with van der Waals surface area (Å²) in [7, 11) is 0. The highest BCUT2D eigenvalue weighted by atomic mass is 127. The summed E-state index contributed by atoms with van der Waals surface area (Å²) >= 11 is 2.10. The van der Waals surface area contributed by atoms with Crippen LogP contribution in [-0.4, -0.2) is 76.0 Å². The third kappa shape index (κ3) is 5.09. The van der Waals surface area contributed by atoms with Crippen LogP contribution in [0, 0.1) is 3.57 Å². The first-order valence-corrected chi connectivity index (χ1v) is 8.55. The third-order valence-electron chi connectivity index (χ3n) is 3.74. The summed E-state index contributed by atoms with van der Waals surface area (Å²) in [5, 5.41) is 43.2. The van der Waals surface area contributed by atoms with Crippen molar-refractivity contribution < 1.29 is 34.8 Å². The Morgan fingerprint density at radius 2 is 1.76 bits per heavy atom. The molecule has 1 saturated heterocycles. The Balaban J connectivity index is 1.87. The molecule has 1 unspecified atom stereocenters. The Hall–Kier alpha value is -1.31. The molecule has 0 saturated carbocycles. The SMILES string of the molecule is O=C(CNC(=O)c1ccc(I)cc1)N[C@H]1C(O)O[C@H](CO)[C@@H](O)[C@@H]1O. The minimum Gasteiger partial charge on any atom is -0.394 e. The van der Waals surface area contributed by atoms with E-state index >= 15 is 0 Å². The number of benzene rings is 1. The van der Waals surface area contributed by atoms with E-state index < -0.39 is 49.1 Å². The quantitative estimate of drug-likeness (QED) is 0.274. The molecule has 1 aliphatic rings. The number of carbonyl (C=O) groups is 2. The smallest absolute Gasteiger partial charge is 0.251 e. The van der Waals surface area contributed by atoms with Gasteiger partial charge in [0.15, 0.2) is 6.29 Å². The number of hydrogen-bond acceptors (Lipinski definition) is 7. The Bertz CT molecular complexity index is 612. The average molecular weight is 466 g/mol. The summed E-state index contributed by atoms with van der Waals surface area (Å²) in [5.74, 6) is -1.13.